The van der Waals surface area contributed by atoms with Crippen LogP contribution in [0.15, 0.2) is 17.3 Å². The van der Waals surface area contributed by atoms with Gasteiger partial charge in [-0.2, -0.15) is 17.7 Å². The topological polar surface area (TPSA) is 52.7 Å². The van der Waals surface area contributed by atoms with Gasteiger partial charge in [0.1, 0.15) is 5.39 Å². The van der Waals surface area contributed by atoms with Gasteiger partial charge in [-0.1, -0.05) is 19.3 Å². The molecule has 0 aromatic carbocycles. The van der Waals surface area contributed by atoms with Crippen molar-refractivity contribution in [3.8, 4) is 0 Å². The number of nitrogens with zero attached hydrogens (tertiary/aromatic N) is 4. The molecule has 2 aromatic heterocycles. The summed E-state index contributed by atoms with van der Waals surface area (Å²) in [5.41, 5.74) is 0.799. The van der Waals surface area contributed by atoms with Gasteiger partial charge in [0.25, 0.3) is 5.56 Å². The van der Waals surface area contributed by atoms with Crippen molar-refractivity contribution in [3.05, 3.63) is 22.9 Å². The van der Waals surface area contributed by atoms with E-state index in [1.807, 2.05) is 0 Å². The Balaban J connectivity index is 1.98. The van der Waals surface area contributed by atoms with Crippen molar-refractivity contribution in [3.63, 3.8) is 0 Å². The molecule has 0 unspecified atom stereocenters. The third-order valence-corrected chi connectivity index (χ3v) is 5.14. The van der Waals surface area contributed by atoms with Gasteiger partial charge in [-0.15, -0.1) is 0 Å². The predicted molar refractivity (Wildman–Crippen MR) is 82.1 cm³/mol. The summed E-state index contributed by atoms with van der Waals surface area (Å²) in [4.78, 5) is 16.9. The Morgan fingerprint density at radius 3 is 2.80 bits per heavy atom. The minimum Gasteiger partial charge on any atom is -0.298 e. The minimum absolute atomic E-state index is 0.00910. The summed E-state index contributed by atoms with van der Waals surface area (Å²) in [6, 6.07) is 0. The average Bonchev–Trinajstić information content (AvgIpc) is 2.85. The number of hydrogen-bond acceptors (Lipinski definition) is 4. The van der Waals surface area contributed by atoms with Crippen molar-refractivity contribution in [2.24, 2.45) is 12.5 Å². The Labute approximate surface area is 123 Å². The molecule has 1 aliphatic carbocycles. The van der Waals surface area contributed by atoms with Crippen LogP contribution >= 0.6 is 12.6 Å². The fraction of sp³-hybridized carbons (Fsp3) is 0.643. The summed E-state index contributed by atoms with van der Waals surface area (Å²) >= 11 is 4.54. The molecule has 5 nitrogen and oxygen atoms in total. The van der Waals surface area contributed by atoms with E-state index in [0.717, 1.165) is 18.6 Å². The smallest absolute Gasteiger partial charge is 0.264 e. The average molecular weight is 292 g/mol. The van der Waals surface area contributed by atoms with Crippen LogP contribution in [0.5, 0.6) is 0 Å². The zero-order valence-electron chi connectivity index (χ0n) is 11.7. The molecule has 0 bridgehead atoms. The molecule has 0 spiro atoms. The normalized spacial score (nSPS) is 18.5. The molecule has 0 N–H and O–H groups in total. The largest absolute Gasteiger partial charge is 0.298 e. The second-order valence-corrected chi connectivity index (χ2v) is 6.22. The van der Waals surface area contributed by atoms with Gasteiger partial charge >= 0.3 is 0 Å². The van der Waals surface area contributed by atoms with Crippen LogP contribution in [0.25, 0.3) is 11.0 Å². The van der Waals surface area contributed by atoms with Gasteiger partial charge in [0.05, 0.1) is 12.5 Å². The maximum absolute atomic E-state index is 12.5. The van der Waals surface area contributed by atoms with Crippen LogP contribution < -0.4 is 5.56 Å². The van der Waals surface area contributed by atoms with Crippen LogP contribution in [-0.4, -0.2) is 25.1 Å². The van der Waals surface area contributed by atoms with Crippen LogP contribution in [0.2, 0.25) is 0 Å². The number of hydrogen-bond donors (Lipinski definition) is 1. The van der Waals surface area contributed by atoms with Crippen molar-refractivity contribution >= 4 is 23.7 Å². The second-order valence-electron chi connectivity index (χ2n) is 5.90. The van der Waals surface area contributed by atoms with Gasteiger partial charge in [0.15, 0.2) is 5.65 Å². The standard InChI is InChI=1S/C14H20N4OS/c1-17-12-11(7-16-17)13(19)18(10-15-12)8-14(9-20)5-3-2-4-6-14/h7,10,20H,2-6,8-9H2,1H3. The van der Waals surface area contributed by atoms with Crippen LogP contribution in [0, 0.1) is 5.41 Å². The third kappa shape index (κ3) is 2.26. The van der Waals surface area contributed by atoms with E-state index in [1.165, 1.54) is 19.3 Å². The van der Waals surface area contributed by atoms with Crippen molar-refractivity contribution in [2.75, 3.05) is 5.75 Å². The highest BCUT2D eigenvalue weighted by molar-refractivity contribution is 7.80. The first-order chi connectivity index (χ1) is 9.65. The predicted octanol–water partition coefficient (Wildman–Crippen LogP) is 2.01. The lowest BCUT2D eigenvalue weighted by Gasteiger charge is -2.36. The highest BCUT2D eigenvalue weighted by Gasteiger charge is 2.31. The highest BCUT2D eigenvalue weighted by Crippen LogP contribution is 2.38. The van der Waals surface area contributed by atoms with Crippen molar-refractivity contribution in [1.82, 2.24) is 19.3 Å². The maximum Gasteiger partial charge on any atom is 0.264 e. The quantitative estimate of drug-likeness (QED) is 0.881. The number of aromatic nitrogens is 4. The van der Waals surface area contributed by atoms with Crippen molar-refractivity contribution in [1.29, 1.82) is 0 Å². The Morgan fingerprint density at radius 2 is 2.10 bits per heavy atom. The summed E-state index contributed by atoms with van der Waals surface area (Å²) in [6.45, 7) is 0.715. The minimum atomic E-state index is 0.00910. The van der Waals surface area contributed by atoms with E-state index < -0.39 is 0 Å². The molecule has 20 heavy (non-hydrogen) atoms. The number of fused-ring (bicyclic) bond motifs is 1. The first kappa shape index (κ1) is 13.7. The molecule has 0 amide bonds. The van der Waals surface area contributed by atoms with Gasteiger partial charge in [-0.05, 0) is 24.0 Å². The molecule has 2 aromatic rings. The molecule has 0 saturated heterocycles. The van der Waals surface area contributed by atoms with E-state index in [9.17, 15) is 4.79 Å². The molecule has 6 heteroatoms. The van der Waals surface area contributed by atoms with E-state index in [2.05, 4.69) is 22.7 Å². The fourth-order valence-electron chi connectivity index (χ4n) is 3.21. The zero-order valence-corrected chi connectivity index (χ0v) is 12.6. The molecule has 0 aliphatic heterocycles. The highest BCUT2D eigenvalue weighted by atomic mass is 32.1. The summed E-state index contributed by atoms with van der Waals surface area (Å²) < 4.78 is 3.38. The zero-order chi connectivity index (χ0) is 14.2. The Bertz CT molecular complexity index is 669. The Hall–Kier alpha value is -1.30. The van der Waals surface area contributed by atoms with E-state index in [0.29, 0.717) is 17.6 Å². The molecule has 1 fully saturated rings. The molecular weight excluding hydrogens is 272 g/mol. The lowest BCUT2D eigenvalue weighted by Crippen LogP contribution is -2.35. The Kier molecular flexibility index (Phi) is 3.58. The number of thiol groups is 1. The first-order valence-corrected chi connectivity index (χ1v) is 7.76. The summed E-state index contributed by atoms with van der Waals surface area (Å²) in [7, 11) is 1.80. The number of aryl methyl sites for hydroxylation is 1. The molecule has 0 radical (unpaired) electrons. The van der Waals surface area contributed by atoms with Crippen molar-refractivity contribution < 1.29 is 0 Å². The fourth-order valence-corrected chi connectivity index (χ4v) is 3.62. The molecule has 2 heterocycles. The van der Waals surface area contributed by atoms with E-state index >= 15 is 0 Å². The maximum atomic E-state index is 12.5. The van der Waals surface area contributed by atoms with E-state index in [1.54, 1.807) is 28.8 Å². The van der Waals surface area contributed by atoms with Crippen LogP contribution in [0.1, 0.15) is 32.1 Å². The number of rotatable bonds is 3. The molecule has 108 valence electrons. The lowest BCUT2D eigenvalue weighted by atomic mass is 9.75. The van der Waals surface area contributed by atoms with Crippen LogP contribution in [-0.2, 0) is 13.6 Å². The third-order valence-electron chi connectivity index (χ3n) is 4.47. The summed E-state index contributed by atoms with van der Waals surface area (Å²) in [5.74, 6) is 0.824. The van der Waals surface area contributed by atoms with Gasteiger partial charge in [0.2, 0.25) is 0 Å². The molecular formula is C14H20N4OS. The Morgan fingerprint density at radius 1 is 1.35 bits per heavy atom. The molecule has 0 atom stereocenters. The van der Waals surface area contributed by atoms with Gasteiger partial charge < -0.3 is 0 Å². The first-order valence-electron chi connectivity index (χ1n) is 7.13. The van der Waals surface area contributed by atoms with Gasteiger partial charge in [0, 0.05) is 13.6 Å². The molecule has 1 aliphatic rings. The monoisotopic (exact) mass is 292 g/mol. The van der Waals surface area contributed by atoms with Gasteiger partial charge in [-0.25, -0.2) is 4.98 Å². The SMILES string of the molecule is Cn1ncc2c(=O)n(CC3(CS)CCCCC3)cnc21. The summed E-state index contributed by atoms with van der Waals surface area (Å²) in [6.07, 6.45) is 9.32. The van der Waals surface area contributed by atoms with Crippen LogP contribution in [0.3, 0.4) is 0 Å². The summed E-state index contributed by atoms with van der Waals surface area (Å²) in [5, 5.41) is 4.71. The van der Waals surface area contributed by atoms with Crippen molar-refractivity contribution in [2.45, 2.75) is 38.6 Å². The van der Waals surface area contributed by atoms with Gasteiger partial charge in [-0.3, -0.25) is 14.0 Å². The van der Waals surface area contributed by atoms with E-state index in [4.69, 9.17) is 0 Å². The van der Waals surface area contributed by atoms with Crippen LogP contribution in [0.4, 0.5) is 0 Å². The second kappa shape index (κ2) is 5.24. The lowest BCUT2D eigenvalue weighted by molar-refractivity contribution is 0.187. The van der Waals surface area contributed by atoms with E-state index in [-0.39, 0.29) is 11.0 Å². The molecule has 1 saturated carbocycles. The molecule has 3 rings (SSSR count).